The molecule has 1 amide bonds. The predicted molar refractivity (Wildman–Crippen MR) is 88.6 cm³/mol. The third kappa shape index (κ3) is 1.81. The molecule has 3 aliphatic heterocycles. The van der Waals surface area contributed by atoms with E-state index in [2.05, 4.69) is 6.07 Å². The smallest absolute Gasteiger partial charge is 0.255 e. The Morgan fingerprint density at radius 2 is 2.30 bits per heavy atom. The number of aliphatic hydroxyl groups excluding tert-OH is 1. The molecule has 1 spiro atoms. The van der Waals surface area contributed by atoms with Crippen LogP contribution in [0.1, 0.15) is 23.2 Å². The van der Waals surface area contributed by atoms with Gasteiger partial charge in [0.05, 0.1) is 23.8 Å². The maximum absolute atomic E-state index is 13.0. The molecule has 1 aromatic heterocycles. The van der Waals surface area contributed by atoms with E-state index in [1.165, 1.54) is 0 Å². The fourth-order valence-electron chi connectivity index (χ4n) is 4.90. The third-order valence-corrected chi connectivity index (χ3v) is 6.96. The highest BCUT2D eigenvalue weighted by Gasteiger charge is 2.63. The van der Waals surface area contributed by atoms with Crippen molar-refractivity contribution in [1.82, 2.24) is 4.90 Å². The lowest BCUT2D eigenvalue weighted by Crippen LogP contribution is -2.38. The standard InChI is InChI=1S/C18H19NO3S/c20-8-12-14-7-19(10-18(14)6-5-15(12)22-18)17(21)13-9-23-16-4-2-1-3-11(13)16/h1-4,9,12,14-15,20H,5-8,10H2/t12-,14+,15+,18+/m1/s1. The van der Waals surface area contributed by atoms with Crippen molar-refractivity contribution in [3.8, 4) is 0 Å². The molecule has 1 N–H and O–H groups in total. The Bertz CT molecular complexity index is 787. The second kappa shape index (κ2) is 4.79. The van der Waals surface area contributed by atoms with Crippen LogP contribution in [-0.2, 0) is 4.74 Å². The van der Waals surface area contributed by atoms with Crippen LogP contribution in [-0.4, -0.2) is 47.3 Å². The largest absolute Gasteiger partial charge is 0.396 e. The summed E-state index contributed by atoms with van der Waals surface area (Å²) in [5, 5.41) is 12.7. The average Bonchev–Trinajstić information content (AvgIpc) is 3.31. The monoisotopic (exact) mass is 329 g/mol. The highest BCUT2D eigenvalue weighted by Crippen LogP contribution is 2.54. The minimum absolute atomic E-state index is 0.106. The fraction of sp³-hybridized carbons (Fsp3) is 0.500. The molecule has 1 aromatic carbocycles. The first-order valence-corrected chi connectivity index (χ1v) is 9.14. The number of amides is 1. The summed E-state index contributed by atoms with van der Waals surface area (Å²) in [5.74, 6) is 0.593. The number of nitrogens with zero attached hydrogens (tertiary/aromatic N) is 1. The molecule has 2 bridgehead atoms. The molecule has 23 heavy (non-hydrogen) atoms. The second-order valence-corrected chi connectivity index (χ2v) is 7.96. The molecular weight excluding hydrogens is 310 g/mol. The molecule has 4 heterocycles. The van der Waals surface area contributed by atoms with Gasteiger partial charge < -0.3 is 14.7 Å². The van der Waals surface area contributed by atoms with Crippen LogP contribution in [0, 0.1) is 11.8 Å². The van der Waals surface area contributed by atoms with E-state index >= 15 is 0 Å². The number of rotatable bonds is 2. The zero-order valence-electron chi connectivity index (χ0n) is 12.8. The van der Waals surface area contributed by atoms with E-state index in [9.17, 15) is 9.90 Å². The molecule has 0 radical (unpaired) electrons. The number of hydrogen-bond acceptors (Lipinski definition) is 4. The van der Waals surface area contributed by atoms with Gasteiger partial charge in [-0.25, -0.2) is 0 Å². The Hall–Kier alpha value is -1.43. The molecule has 4 nitrogen and oxygen atoms in total. The van der Waals surface area contributed by atoms with Gasteiger partial charge in [-0.3, -0.25) is 4.79 Å². The van der Waals surface area contributed by atoms with Crippen molar-refractivity contribution in [2.75, 3.05) is 19.7 Å². The minimum Gasteiger partial charge on any atom is -0.396 e. The second-order valence-electron chi connectivity index (χ2n) is 7.04. The lowest BCUT2D eigenvalue weighted by atomic mass is 9.74. The highest BCUT2D eigenvalue weighted by molar-refractivity contribution is 7.17. The molecule has 3 saturated heterocycles. The summed E-state index contributed by atoms with van der Waals surface area (Å²) in [6.07, 6.45) is 2.24. The Morgan fingerprint density at radius 3 is 3.17 bits per heavy atom. The molecule has 4 atom stereocenters. The molecule has 2 aromatic rings. The maximum atomic E-state index is 13.0. The van der Waals surface area contributed by atoms with Gasteiger partial charge in [0.25, 0.3) is 5.91 Å². The van der Waals surface area contributed by atoms with Crippen LogP contribution < -0.4 is 0 Å². The molecule has 120 valence electrons. The number of fused-ring (bicyclic) bond motifs is 2. The van der Waals surface area contributed by atoms with Gasteiger partial charge in [-0.05, 0) is 18.9 Å². The van der Waals surface area contributed by atoms with Gasteiger partial charge in [-0.1, -0.05) is 18.2 Å². The van der Waals surface area contributed by atoms with E-state index < -0.39 is 0 Å². The topological polar surface area (TPSA) is 49.8 Å². The van der Waals surface area contributed by atoms with Gasteiger partial charge in [-0.2, -0.15) is 0 Å². The van der Waals surface area contributed by atoms with Crippen molar-refractivity contribution in [2.45, 2.75) is 24.5 Å². The van der Waals surface area contributed by atoms with Gasteiger partial charge in [0.15, 0.2) is 0 Å². The average molecular weight is 329 g/mol. The number of thiophene rings is 1. The summed E-state index contributed by atoms with van der Waals surface area (Å²) in [5.41, 5.74) is 0.608. The van der Waals surface area contributed by atoms with Gasteiger partial charge >= 0.3 is 0 Å². The normalized spacial score (nSPS) is 35.2. The Balaban J connectivity index is 1.46. The van der Waals surface area contributed by atoms with Gasteiger partial charge in [0, 0.05) is 40.5 Å². The highest BCUT2D eigenvalue weighted by atomic mass is 32.1. The van der Waals surface area contributed by atoms with Crippen molar-refractivity contribution in [1.29, 1.82) is 0 Å². The summed E-state index contributed by atoms with van der Waals surface area (Å²) in [4.78, 5) is 15.0. The summed E-state index contributed by atoms with van der Waals surface area (Å²) in [7, 11) is 0. The van der Waals surface area contributed by atoms with Crippen molar-refractivity contribution in [3.05, 3.63) is 35.2 Å². The van der Waals surface area contributed by atoms with Crippen LogP contribution in [0.2, 0.25) is 0 Å². The third-order valence-electron chi connectivity index (χ3n) is 5.99. The maximum Gasteiger partial charge on any atom is 0.255 e. The molecule has 3 fully saturated rings. The van der Waals surface area contributed by atoms with Crippen LogP contribution in [0.4, 0.5) is 0 Å². The van der Waals surface area contributed by atoms with E-state index in [1.807, 2.05) is 28.5 Å². The predicted octanol–water partition coefficient (Wildman–Crippen LogP) is 2.51. The van der Waals surface area contributed by atoms with Gasteiger partial charge in [0.1, 0.15) is 0 Å². The van der Waals surface area contributed by atoms with E-state index in [4.69, 9.17) is 4.74 Å². The Kier molecular flexibility index (Phi) is 2.90. The first kappa shape index (κ1) is 14.0. The van der Waals surface area contributed by atoms with E-state index in [0.29, 0.717) is 19.0 Å². The van der Waals surface area contributed by atoms with Crippen LogP contribution in [0.5, 0.6) is 0 Å². The van der Waals surface area contributed by atoms with E-state index in [-0.39, 0.29) is 30.1 Å². The summed E-state index contributed by atoms with van der Waals surface area (Å²) >= 11 is 1.62. The number of carbonyl (C=O) groups is 1. The quantitative estimate of drug-likeness (QED) is 0.921. The summed E-state index contributed by atoms with van der Waals surface area (Å²) in [6, 6.07) is 8.06. The molecule has 3 aliphatic rings. The number of carbonyl (C=O) groups excluding carboxylic acids is 1. The Morgan fingerprint density at radius 1 is 1.43 bits per heavy atom. The van der Waals surface area contributed by atoms with Crippen molar-refractivity contribution in [3.63, 3.8) is 0 Å². The minimum atomic E-state index is -0.195. The molecular formula is C18H19NO3S. The van der Waals surface area contributed by atoms with Crippen LogP contribution in [0.25, 0.3) is 10.1 Å². The van der Waals surface area contributed by atoms with Crippen molar-refractivity contribution < 1.29 is 14.6 Å². The molecule has 0 saturated carbocycles. The van der Waals surface area contributed by atoms with E-state index in [1.54, 1.807) is 11.3 Å². The zero-order valence-corrected chi connectivity index (χ0v) is 13.6. The Labute approximate surface area is 138 Å². The van der Waals surface area contributed by atoms with Gasteiger partial charge in [-0.15, -0.1) is 11.3 Å². The molecule has 5 rings (SSSR count). The summed E-state index contributed by atoms with van der Waals surface area (Å²) in [6.45, 7) is 1.55. The van der Waals surface area contributed by atoms with Crippen LogP contribution in [0.15, 0.2) is 29.6 Å². The van der Waals surface area contributed by atoms with Crippen LogP contribution in [0.3, 0.4) is 0 Å². The number of likely N-dealkylation sites (tertiary alicyclic amines) is 1. The zero-order chi connectivity index (χ0) is 15.6. The lowest BCUT2D eigenvalue weighted by molar-refractivity contribution is 0.00157. The van der Waals surface area contributed by atoms with Crippen LogP contribution >= 0.6 is 11.3 Å². The number of hydrogen-bond donors (Lipinski definition) is 1. The summed E-state index contributed by atoms with van der Waals surface area (Å²) < 4.78 is 7.37. The molecule has 0 unspecified atom stereocenters. The fourth-order valence-corrected chi connectivity index (χ4v) is 5.84. The number of aliphatic hydroxyl groups is 1. The first-order valence-electron chi connectivity index (χ1n) is 8.26. The molecule has 0 aliphatic carbocycles. The number of benzene rings is 1. The lowest BCUT2D eigenvalue weighted by Gasteiger charge is -2.27. The van der Waals surface area contributed by atoms with Crippen molar-refractivity contribution >= 4 is 27.3 Å². The number of ether oxygens (including phenoxy) is 1. The van der Waals surface area contributed by atoms with Crippen molar-refractivity contribution in [2.24, 2.45) is 11.8 Å². The first-order chi connectivity index (χ1) is 11.2. The SMILES string of the molecule is O=C(c1csc2ccccc12)N1C[C@H]2[C@@H](CO)[C@@H]3CC[C@@]2(C1)O3. The molecule has 5 heteroatoms. The van der Waals surface area contributed by atoms with E-state index in [0.717, 1.165) is 28.5 Å². The van der Waals surface area contributed by atoms with Gasteiger partial charge in [0.2, 0.25) is 0 Å².